The fraction of sp³-hybridized carbons (Fsp3) is 0.343. The summed E-state index contributed by atoms with van der Waals surface area (Å²) in [6.07, 6.45) is 10.4. The van der Waals surface area contributed by atoms with Crippen LogP contribution in [0.1, 0.15) is 75.8 Å². The first-order valence-corrected chi connectivity index (χ1v) is 16.4. The van der Waals surface area contributed by atoms with Gasteiger partial charge in [-0.1, -0.05) is 56.9 Å². The van der Waals surface area contributed by atoms with Crippen molar-refractivity contribution >= 4 is 55.9 Å². The number of nitrogens with zero attached hydrogens (tertiary/aromatic N) is 4. The molecule has 6 heterocycles. The minimum atomic E-state index is -0.00641. The van der Waals surface area contributed by atoms with Gasteiger partial charge in [0.05, 0.1) is 19.0 Å². The van der Waals surface area contributed by atoms with Crippen LogP contribution < -0.4 is 20.5 Å². The van der Waals surface area contributed by atoms with E-state index in [1.165, 1.54) is 24.8 Å². The molecule has 3 aromatic heterocycles. The van der Waals surface area contributed by atoms with Crippen LogP contribution in [0.25, 0.3) is 16.5 Å². The molecule has 2 N–H and O–H groups in total. The number of nitrogens with one attached hydrogen (secondary N) is 2. The van der Waals surface area contributed by atoms with Gasteiger partial charge in [-0.05, 0) is 76.7 Å². The third kappa shape index (κ3) is 6.71. The number of pyridine rings is 3. The summed E-state index contributed by atoms with van der Waals surface area (Å²) in [5.41, 5.74) is 5.31. The monoisotopic (exact) mass is 668 g/mol. The van der Waals surface area contributed by atoms with Gasteiger partial charge < -0.3 is 15.5 Å². The van der Waals surface area contributed by atoms with Gasteiger partial charge in [0.1, 0.15) is 15.9 Å². The molecular weight excluding hydrogens is 632 g/mol. The minimum absolute atomic E-state index is 0.00641. The van der Waals surface area contributed by atoms with E-state index in [0.717, 1.165) is 52.0 Å². The van der Waals surface area contributed by atoms with Crippen LogP contribution in [0.2, 0.25) is 0 Å². The van der Waals surface area contributed by atoms with Gasteiger partial charge in [-0.15, -0.1) is 0 Å². The number of hydrogen-bond acceptors (Lipinski definition) is 7. The van der Waals surface area contributed by atoms with E-state index < -0.39 is 0 Å². The average molecular weight is 670 g/mol. The Hall–Kier alpha value is -4.31. The lowest BCUT2D eigenvalue weighted by molar-refractivity contribution is -0.121. The van der Waals surface area contributed by atoms with Crippen LogP contribution in [-0.4, -0.2) is 39.4 Å². The lowest BCUT2D eigenvalue weighted by Crippen LogP contribution is -2.44. The lowest BCUT2D eigenvalue weighted by Gasteiger charge is -2.36. The number of fused-ring (bicyclic) bond motifs is 5. The van der Waals surface area contributed by atoms with Crippen LogP contribution in [0.5, 0.6) is 5.75 Å². The topological polar surface area (TPSA) is 109 Å². The Morgan fingerprint density at radius 2 is 1.78 bits per heavy atom. The summed E-state index contributed by atoms with van der Waals surface area (Å²) in [4.78, 5) is 43.3. The van der Waals surface area contributed by atoms with Gasteiger partial charge in [0.15, 0.2) is 11.6 Å². The van der Waals surface area contributed by atoms with Crippen molar-refractivity contribution < 1.29 is 14.4 Å². The van der Waals surface area contributed by atoms with Crippen molar-refractivity contribution in [3.05, 3.63) is 88.3 Å². The summed E-state index contributed by atoms with van der Waals surface area (Å²) in [6.45, 7) is 4.77. The van der Waals surface area contributed by atoms with Crippen molar-refractivity contribution in [2.45, 2.75) is 70.8 Å². The molecule has 7 rings (SSSR count). The van der Waals surface area contributed by atoms with E-state index in [4.69, 9.17) is 4.84 Å². The van der Waals surface area contributed by atoms with Gasteiger partial charge >= 0.3 is 0 Å². The maximum atomic E-state index is 12.0. The van der Waals surface area contributed by atoms with Crippen LogP contribution in [-0.2, 0) is 9.59 Å². The van der Waals surface area contributed by atoms with E-state index in [2.05, 4.69) is 54.5 Å². The SMILES string of the molecule is CC1NC(=O)CC2=C1c1cccnc1N(Oc1ccccc1)C2.CCCCCCC1CC(=O)Nc2nc(Br)c3ncccc3c21. The number of carbonyl (C=O) groups is 2. The van der Waals surface area contributed by atoms with E-state index in [1.54, 1.807) is 17.5 Å². The number of benzene rings is 1. The van der Waals surface area contributed by atoms with Crippen molar-refractivity contribution in [1.29, 1.82) is 0 Å². The molecule has 0 saturated heterocycles. The molecule has 10 heteroatoms. The molecule has 3 aliphatic heterocycles. The largest absolute Gasteiger partial charge is 0.378 e. The highest BCUT2D eigenvalue weighted by Crippen LogP contribution is 2.41. The first kappa shape index (κ1) is 30.7. The van der Waals surface area contributed by atoms with Crippen molar-refractivity contribution in [2.75, 3.05) is 16.9 Å². The maximum absolute atomic E-state index is 12.0. The third-order valence-corrected chi connectivity index (χ3v) is 8.99. The van der Waals surface area contributed by atoms with Crippen molar-refractivity contribution in [3.8, 4) is 5.75 Å². The second kappa shape index (κ2) is 13.8. The number of halogens is 1. The highest BCUT2D eigenvalue weighted by Gasteiger charge is 2.34. The molecule has 0 spiro atoms. The number of amides is 2. The molecule has 0 radical (unpaired) electrons. The number of aromatic nitrogens is 3. The summed E-state index contributed by atoms with van der Waals surface area (Å²) in [5.74, 6) is 2.61. The van der Waals surface area contributed by atoms with Gasteiger partial charge in [0, 0.05) is 35.3 Å². The predicted molar refractivity (Wildman–Crippen MR) is 180 cm³/mol. The number of anilines is 2. The normalized spacial score (nSPS) is 18.6. The van der Waals surface area contributed by atoms with Crippen molar-refractivity contribution in [1.82, 2.24) is 20.3 Å². The Kier molecular flexibility index (Phi) is 9.39. The molecule has 45 heavy (non-hydrogen) atoms. The van der Waals surface area contributed by atoms with Crippen LogP contribution in [0.3, 0.4) is 0 Å². The second-order valence-electron chi connectivity index (χ2n) is 11.7. The number of hydroxylamine groups is 1. The van der Waals surface area contributed by atoms with Crippen LogP contribution in [0, 0.1) is 0 Å². The van der Waals surface area contributed by atoms with Crippen LogP contribution in [0.4, 0.5) is 11.6 Å². The average Bonchev–Trinajstić information content (AvgIpc) is 3.03. The van der Waals surface area contributed by atoms with E-state index in [0.29, 0.717) is 29.8 Å². The second-order valence-corrected chi connectivity index (χ2v) is 12.4. The molecule has 3 aliphatic rings. The fourth-order valence-electron chi connectivity index (χ4n) is 6.47. The van der Waals surface area contributed by atoms with Crippen molar-refractivity contribution in [3.63, 3.8) is 0 Å². The molecule has 232 valence electrons. The highest BCUT2D eigenvalue weighted by atomic mass is 79.9. The fourth-order valence-corrected chi connectivity index (χ4v) is 6.96. The van der Waals surface area contributed by atoms with E-state index in [9.17, 15) is 9.59 Å². The Morgan fingerprint density at radius 3 is 2.60 bits per heavy atom. The van der Waals surface area contributed by atoms with Gasteiger partial charge in [-0.3, -0.25) is 14.6 Å². The molecule has 0 fully saturated rings. The van der Waals surface area contributed by atoms with Gasteiger partial charge in [-0.2, -0.15) is 5.06 Å². The molecule has 4 aromatic rings. The van der Waals surface area contributed by atoms with Gasteiger partial charge in [0.2, 0.25) is 11.8 Å². The summed E-state index contributed by atoms with van der Waals surface area (Å²) in [7, 11) is 0. The molecule has 2 atom stereocenters. The number of para-hydroxylation sites is 1. The summed E-state index contributed by atoms with van der Waals surface area (Å²) >= 11 is 3.46. The Labute approximate surface area is 271 Å². The predicted octanol–water partition coefficient (Wildman–Crippen LogP) is 7.35. The van der Waals surface area contributed by atoms with Crippen molar-refractivity contribution in [2.24, 2.45) is 0 Å². The number of carbonyl (C=O) groups excluding carboxylic acids is 2. The number of rotatable bonds is 7. The first-order chi connectivity index (χ1) is 21.9. The standard InChI is InChI=1S/C18H17N3O2.C17H20BrN3O/c1-12-17-13(10-16(22)20-12)11-21(18-15(17)8-5-9-19-18)23-14-6-3-2-4-7-14;1-2-3-4-5-7-11-10-13(22)20-17-14(11)12-8-6-9-19-15(12)16(18)21-17/h2-9,12H,10-11H2,1H3,(H,20,22);6,8-9,11H,2-5,7,10H2,1H3,(H,20,21,22). The zero-order valence-electron chi connectivity index (χ0n) is 25.6. The van der Waals surface area contributed by atoms with Gasteiger partial charge in [-0.25, -0.2) is 9.97 Å². The third-order valence-electron chi connectivity index (χ3n) is 8.43. The smallest absolute Gasteiger partial charge is 0.226 e. The summed E-state index contributed by atoms with van der Waals surface area (Å²) < 4.78 is 0.689. The minimum Gasteiger partial charge on any atom is -0.378 e. The molecule has 0 aliphatic carbocycles. The molecule has 1 aromatic carbocycles. The highest BCUT2D eigenvalue weighted by molar-refractivity contribution is 9.10. The van der Waals surface area contributed by atoms with Crippen LogP contribution in [0.15, 0.2) is 77.2 Å². The zero-order valence-corrected chi connectivity index (χ0v) is 27.1. The number of hydrogen-bond donors (Lipinski definition) is 2. The Morgan fingerprint density at radius 1 is 0.978 bits per heavy atom. The molecule has 0 bridgehead atoms. The quantitative estimate of drug-likeness (QED) is 0.157. The zero-order chi connectivity index (χ0) is 31.3. The van der Waals surface area contributed by atoms with E-state index in [-0.39, 0.29) is 23.8 Å². The maximum Gasteiger partial charge on any atom is 0.226 e. The molecule has 2 unspecified atom stereocenters. The molecular formula is C35H37BrN6O3. The van der Waals surface area contributed by atoms with Crippen LogP contribution >= 0.6 is 15.9 Å². The van der Waals surface area contributed by atoms with E-state index in [1.807, 2.05) is 55.5 Å². The summed E-state index contributed by atoms with van der Waals surface area (Å²) in [6, 6.07) is 17.6. The lowest BCUT2D eigenvalue weighted by atomic mass is 9.86. The van der Waals surface area contributed by atoms with Gasteiger partial charge in [0.25, 0.3) is 0 Å². The summed E-state index contributed by atoms with van der Waals surface area (Å²) in [5, 5.41) is 8.79. The molecule has 9 nitrogen and oxygen atoms in total. The van der Waals surface area contributed by atoms with E-state index >= 15 is 0 Å². The Bertz CT molecular complexity index is 1740. The Balaban J connectivity index is 0.000000159. The molecule has 0 saturated carbocycles. The molecule has 2 amide bonds. The number of unbranched alkanes of at least 4 members (excludes halogenated alkanes) is 3. The first-order valence-electron chi connectivity index (χ1n) is 15.6.